The zero-order valence-corrected chi connectivity index (χ0v) is 13.1. The second-order valence-corrected chi connectivity index (χ2v) is 5.80. The Bertz CT molecular complexity index is 713. The Kier molecular flexibility index (Phi) is 5.24. The maximum absolute atomic E-state index is 14.2. The summed E-state index contributed by atoms with van der Waals surface area (Å²) in [7, 11) is 0. The number of nitrogens with zero attached hydrogens (tertiary/aromatic N) is 1. The molecule has 0 bridgehead atoms. The largest absolute Gasteiger partial charge is 0.298 e. The van der Waals surface area contributed by atoms with Gasteiger partial charge in [-0.15, -0.1) is 0 Å². The van der Waals surface area contributed by atoms with Gasteiger partial charge in [0.1, 0.15) is 0 Å². The summed E-state index contributed by atoms with van der Waals surface area (Å²) < 4.78 is 14.2. The summed E-state index contributed by atoms with van der Waals surface area (Å²) in [6.45, 7) is 2.72. The van der Waals surface area contributed by atoms with Crippen LogP contribution in [0.5, 0.6) is 0 Å². The molecule has 2 aromatic carbocycles. The number of rotatable bonds is 2. The van der Waals surface area contributed by atoms with Gasteiger partial charge in [-0.25, -0.2) is 0 Å². The molecule has 0 saturated carbocycles. The number of hydrogen-bond donors (Lipinski definition) is 0. The van der Waals surface area contributed by atoms with E-state index in [0.717, 1.165) is 43.6 Å². The van der Waals surface area contributed by atoms with E-state index < -0.39 is 0 Å². The van der Waals surface area contributed by atoms with Crippen LogP contribution in [-0.2, 0) is 6.54 Å². The highest BCUT2D eigenvalue weighted by molar-refractivity contribution is 5.40. The Balaban J connectivity index is 1.58. The van der Waals surface area contributed by atoms with E-state index in [1.54, 1.807) is 0 Å². The van der Waals surface area contributed by atoms with Gasteiger partial charge in [0.25, 0.3) is 0 Å². The van der Waals surface area contributed by atoms with Crippen molar-refractivity contribution in [1.82, 2.24) is 4.90 Å². The van der Waals surface area contributed by atoms with E-state index in [0.29, 0.717) is 0 Å². The number of benzene rings is 2. The summed E-state index contributed by atoms with van der Waals surface area (Å²) in [5.74, 6) is 5.33. The van der Waals surface area contributed by atoms with E-state index in [4.69, 9.17) is 0 Å². The molecule has 0 aliphatic carbocycles. The average molecular weight is 305 g/mol. The van der Waals surface area contributed by atoms with Crippen LogP contribution in [-0.4, -0.2) is 18.0 Å². The van der Waals surface area contributed by atoms with Crippen molar-refractivity contribution in [3.8, 4) is 11.8 Å². The van der Waals surface area contributed by atoms with Crippen LogP contribution in [0.4, 0.5) is 4.39 Å². The Morgan fingerprint density at radius 3 is 2.17 bits per heavy atom. The van der Waals surface area contributed by atoms with Gasteiger partial charge in [-0.1, -0.05) is 54.5 Å². The third kappa shape index (κ3) is 4.55. The first-order valence-corrected chi connectivity index (χ1v) is 8.02. The molecule has 2 heteroatoms. The Labute approximate surface area is 137 Å². The lowest BCUT2D eigenvalue weighted by Crippen LogP contribution is -2.30. The number of piperidine rings is 1. The Morgan fingerprint density at radius 1 is 0.913 bits per heavy atom. The molecule has 1 fully saturated rings. The first-order chi connectivity index (χ1) is 11.3. The molecular formula is C21H20FN. The minimum atomic E-state index is -0.242. The van der Waals surface area contributed by atoms with Crippen molar-refractivity contribution in [2.24, 2.45) is 0 Å². The SMILES string of the molecule is FC(C#Cc1ccccc1)=C1CCN(Cc2ccccc2)CC1. The van der Waals surface area contributed by atoms with Crippen LogP contribution in [0.1, 0.15) is 24.0 Å². The van der Waals surface area contributed by atoms with E-state index in [9.17, 15) is 4.39 Å². The van der Waals surface area contributed by atoms with Crippen molar-refractivity contribution in [2.75, 3.05) is 13.1 Å². The van der Waals surface area contributed by atoms with Crippen LogP contribution in [0.15, 0.2) is 72.1 Å². The summed E-state index contributed by atoms with van der Waals surface area (Å²) >= 11 is 0. The van der Waals surface area contributed by atoms with Crippen LogP contribution in [0.2, 0.25) is 0 Å². The summed E-state index contributed by atoms with van der Waals surface area (Å²) in [6, 6.07) is 20.0. The quantitative estimate of drug-likeness (QED) is 0.735. The number of likely N-dealkylation sites (tertiary alicyclic amines) is 1. The molecule has 0 amide bonds. The second kappa shape index (κ2) is 7.76. The highest BCUT2D eigenvalue weighted by Gasteiger charge is 2.16. The molecule has 1 nitrogen and oxygen atoms in total. The van der Waals surface area contributed by atoms with Crippen LogP contribution in [0, 0.1) is 11.8 Å². The van der Waals surface area contributed by atoms with E-state index in [1.165, 1.54) is 5.56 Å². The minimum absolute atomic E-state index is 0.242. The molecule has 1 heterocycles. The molecular weight excluding hydrogens is 285 g/mol. The lowest BCUT2D eigenvalue weighted by Gasteiger charge is -2.28. The van der Waals surface area contributed by atoms with Crippen LogP contribution >= 0.6 is 0 Å². The van der Waals surface area contributed by atoms with Gasteiger partial charge < -0.3 is 0 Å². The summed E-state index contributed by atoms with van der Waals surface area (Å²) in [5, 5.41) is 0. The van der Waals surface area contributed by atoms with Crippen molar-refractivity contribution >= 4 is 0 Å². The maximum Gasteiger partial charge on any atom is 0.172 e. The zero-order chi connectivity index (χ0) is 15.9. The summed E-state index contributed by atoms with van der Waals surface area (Å²) in [4.78, 5) is 2.37. The number of halogens is 1. The number of allylic oxidation sites excluding steroid dienone is 1. The monoisotopic (exact) mass is 305 g/mol. The average Bonchev–Trinajstić information content (AvgIpc) is 2.62. The third-order valence-electron chi connectivity index (χ3n) is 4.11. The molecule has 1 saturated heterocycles. The molecule has 0 unspecified atom stereocenters. The first kappa shape index (κ1) is 15.5. The Morgan fingerprint density at radius 2 is 1.52 bits per heavy atom. The molecule has 116 valence electrons. The third-order valence-corrected chi connectivity index (χ3v) is 4.11. The molecule has 1 aliphatic heterocycles. The highest BCUT2D eigenvalue weighted by atomic mass is 19.1. The van der Waals surface area contributed by atoms with Crippen molar-refractivity contribution in [1.29, 1.82) is 0 Å². The normalized spacial score (nSPS) is 14.9. The van der Waals surface area contributed by atoms with Gasteiger partial charge in [0, 0.05) is 25.2 Å². The number of hydrogen-bond acceptors (Lipinski definition) is 1. The molecule has 23 heavy (non-hydrogen) atoms. The van der Waals surface area contributed by atoms with Crippen LogP contribution in [0.25, 0.3) is 0 Å². The second-order valence-electron chi connectivity index (χ2n) is 5.80. The van der Waals surface area contributed by atoms with Crippen molar-refractivity contribution in [3.63, 3.8) is 0 Å². The Hall–Kier alpha value is -2.37. The molecule has 1 aliphatic rings. The zero-order valence-electron chi connectivity index (χ0n) is 13.1. The fourth-order valence-corrected chi connectivity index (χ4v) is 2.78. The van der Waals surface area contributed by atoms with E-state index >= 15 is 0 Å². The summed E-state index contributed by atoms with van der Waals surface area (Å²) in [5.41, 5.74) is 3.02. The minimum Gasteiger partial charge on any atom is -0.298 e. The standard InChI is InChI=1S/C21H20FN/c22-21(12-11-18-7-3-1-4-8-18)20-13-15-23(16-14-20)17-19-9-5-2-6-10-19/h1-10H,13-17H2. The van der Waals surface area contributed by atoms with Gasteiger partial charge in [-0.3, -0.25) is 4.90 Å². The smallest absolute Gasteiger partial charge is 0.172 e. The fourth-order valence-electron chi connectivity index (χ4n) is 2.78. The van der Waals surface area contributed by atoms with Crippen molar-refractivity contribution in [2.45, 2.75) is 19.4 Å². The van der Waals surface area contributed by atoms with Gasteiger partial charge in [-0.2, -0.15) is 4.39 Å². The van der Waals surface area contributed by atoms with Gasteiger partial charge in [0.15, 0.2) is 5.83 Å². The topological polar surface area (TPSA) is 3.24 Å². The van der Waals surface area contributed by atoms with E-state index in [1.807, 2.05) is 36.4 Å². The predicted octanol–water partition coefficient (Wildman–Crippen LogP) is 4.56. The van der Waals surface area contributed by atoms with Crippen molar-refractivity contribution < 1.29 is 4.39 Å². The summed E-state index contributed by atoms with van der Waals surface area (Å²) in [6.07, 6.45) is 1.53. The molecule has 0 radical (unpaired) electrons. The molecule has 0 atom stereocenters. The first-order valence-electron chi connectivity index (χ1n) is 8.02. The molecule has 2 aromatic rings. The fraction of sp³-hybridized carbons (Fsp3) is 0.238. The lowest BCUT2D eigenvalue weighted by atomic mass is 10.0. The molecule has 0 aromatic heterocycles. The van der Waals surface area contributed by atoms with Crippen molar-refractivity contribution in [3.05, 3.63) is 83.2 Å². The molecule has 3 rings (SSSR count). The van der Waals surface area contributed by atoms with Gasteiger partial charge >= 0.3 is 0 Å². The molecule has 0 N–H and O–H groups in total. The van der Waals surface area contributed by atoms with E-state index in [2.05, 4.69) is 41.0 Å². The predicted molar refractivity (Wildman–Crippen MR) is 92.4 cm³/mol. The van der Waals surface area contributed by atoms with Crippen LogP contribution in [0.3, 0.4) is 0 Å². The van der Waals surface area contributed by atoms with Gasteiger partial charge in [-0.05, 0) is 42.0 Å². The van der Waals surface area contributed by atoms with Crippen LogP contribution < -0.4 is 0 Å². The molecule has 0 spiro atoms. The highest BCUT2D eigenvalue weighted by Crippen LogP contribution is 2.22. The van der Waals surface area contributed by atoms with Gasteiger partial charge in [0.05, 0.1) is 0 Å². The maximum atomic E-state index is 14.2. The lowest BCUT2D eigenvalue weighted by molar-refractivity contribution is 0.246. The van der Waals surface area contributed by atoms with Gasteiger partial charge in [0.2, 0.25) is 0 Å². The van der Waals surface area contributed by atoms with E-state index in [-0.39, 0.29) is 5.83 Å².